The van der Waals surface area contributed by atoms with Gasteiger partial charge in [0.1, 0.15) is 5.92 Å². The van der Waals surface area contributed by atoms with Crippen molar-refractivity contribution in [3.05, 3.63) is 57.6 Å². The van der Waals surface area contributed by atoms with Crippen molar-refractivity contribution in [3.63, 3.8) is 0 Å². The molecule has 1 spiro atoms. The van der Waals surface area contributed by atoms with Gasteiger partial charge in [-0.25, -0.2) is 0 Å². The van der Waals surface area contributed by atoms with Gasteiger partial charge in [-0.05, 0) is 79.0 Å². The first kappa shape index (κ1) is 19.5. The van der Waals surface area contributed by atoms with E-state index < -0.39 is 11.5 Å². The van der Waals surface area contributed by atoms with E-state index >= 15 is 0 Å². The Morgan fingerprint density at radius 3 is 2.32 bits per heavy atom. The SMILES string of the molecule is Cc1cc(C2C(=O)NC3(CCC(C)CC3)C2=O)c(Cl)cc1-c1ccc(Cl)cc1. The minimum atomic E-state index is -0.820. The standard InChI is InChI=1S/C23H23Cl2NO2/c1-13-7-9-23(10-8-13)21(27)20(22(28)26-23)18-11-14(2)17(12-19(18)25)15-3-5-16(24)6-4-15/h3-6,11-13,20H,7-10H2,1-2H3,(H,26,28). The first-order valence-corrected chi connectivity index (χ1v) is 10.5. The second-order valence-corrected chi connectivity index (χ2v) is 9.09. The highest BCUT2D eigenvalue weighted by Gasteiger charge is 2.54. The molecule has 146 valence electrons. The van der Waals surface area contributed by atoms with Crippen molar-refractivity contribution < 1.29 is 9.59 Å². The summed E-state index contributed by atoms with van der Waals surface area (Å²) in [6, 6.07) is 11.3. The zero-order chi connectivity index (χ0) is 20.1. The summed E-state index contributed by atoms with van der Waals surface area (Å²) in [5, 5.41) is 4.15. The molecule has 2 fully saturated rings. The highest BCUT2D eigenvalue weighted by molar-refractivity contribution is 6.33. The zero-order valence-corrected chi connectivity index (χ0v) is 17.5. The molecule has 0 bridgehead atoms. The van der Waals surface area contributed by atoms with Crippen molar-refractivity contribution >= 4 is 34.9 Å². The van der Waals surface area contributed by atoms with Crippen molar-refractivity contribution in [1.29, 1.82) is 0 Å². The largest absolute Gasteiger partial charge is 0.343 e. The molecular weight excluding hydrogens is 393 g/mol. The van der Waals surface area contributed by atoms with Crippen LogP contribution in [-0.4, -0.2) is 17.2 Å². The van der Waals surface area contributed by atoms with Gasteiger partial charge in [-0.2, -0.15) is 0 Å². The topological polar surface area (TPSA) is 46.2 Å². The van der Waals surface area contributed by atoms with Gasteiger partial charge in [0.15, 0.2) is 5.78 Å². The van der Waals surface area contributed by atoms with Crippen LogP contribution in [0.1, 0.15) is 49.7 Å². The fourth-order valence-electron chi connectivity index (χ4n) is 4.54. The van der Waals surface area contributed by atoms with Gasteiger partial charge in [0, 0.05) is 10.0 Å². The maximum Gasteiger partial charge on any atom is 0.236 e. The Kier molecular flexibility index (Phi) is 5.01. The highest BCUT2D eigenvalue weighted by Crippen LogP contribution is 2.43. The highest BCUT2D eigenvalue weighted by atomic mass is 35.5. The minimum Gasteiger partial charge on any atom is -0.343 e. The number of ketones is 1. The average molecular weight is 416 g/mol. The third kappa shape index (κ3) is 3.25. The lowest BCUT2D eigenvalue weighted by Gasteiger charge is -2.34. The summed E-state index contributed by atoms with van der Waals surface area (Å²) in [6.07, 6.45) is 3.35. The first-order valence-electron chi connectivity index (χ1n) is 9.73. The molecule has 1 N–H and O–H groups in total. The lowest BCUT2D eigenvalue weighted by molar-refractivity contribution is -0.126. The number of carbonyl (C=O) groups is 2. The fourth-order valence-corrected chi connectivity index (χ4v) is 4.94. The second kappa shape index (κ2) is 7.20. The number of Topliss-reactive ketones (excluding diaryl/α,β-unsaturated/α-hetero) is 1. The lowest BCUT2D eigenvalue weighted by Crippen LogP contribution is -2.48. The third-order valence-electron chi connectivity index (χ3n) is 6.30. The van der Waals surface area contributed by atoms with E-state index in [-0.39, 0.29) is 11.7 Å². The van der Waals surface area contributed by atoms with E-state index in [4.69, 9.17) is 23.2 Å². The number of nitrogens with one attached hydrogen (secondary N) is 1. The van der Waals surface area contributed by atoms with Crippen LogP contribution in [0.15, 0.2) is 36.4 Å². The van der Waals surface area contributed by atoms with Crippen LogP contribution in [0.3, 0.4) is 0 Å². The Labute approximate surface area is 175 Å². The molecule has 1 heterocycles. The molecular formula is C23H23Cl2NO2. The number of aryl methyl sites for hydroxylation is 1. The zero-order valence-electron chi connectivity index (χ0n) is 16.0. The summed E-state index contributed by atoms with van der Waals surface area (Å²) in [5.41, 5.74) is 2.84. The van der Waals surface area contributed by atoms with E-state index in [0.29, 0.717) is 34.4 Å². The quantitative estimate of drug-likeness (QED) is 0.639. The van der Waals surface area contributed by atoms with Crippen molar-refractivity contribution in [2.24, 2.45) is 5.92 Å². The Morgan fingerprint density at radius 2 is 1.68 bits per heavy atom. The summed E-state index contributed by atoms with van der Waals surface area (Å²) in [5.74, 6) is -0.470. The van der Waals surface area contributed by atoms with Crippen LogP contribution in [0.2, 0.25) is 10.0 Å². The summed E-state index contributed by atoms with van der Waals surface area (Å²) >= 11 is 12.6. The van der Waals surface area contributed by atoms with Gasteiger partial charge in [-0.3, -0.25) is 9.59 Å². The van der Waals surface area contributed by atoms with Crippen molar-refractivity contribution in [3.8, 4) is 11.1 Å². The number of hydrogen-bond acceptors (Lipinski definition) is 2. The van der Waals surface area contributed by atoms with Crippen LogP contribution >= 0.6 is 23.2 Å². The lowest BCUT2D eigenvalue weighted by atomic mass is 9.73. The Morgan fingerprint density at radius 1 is 1.04 bits per heavy atom. The summed E-state index contributed by atoms with van der Waals surface area (Å²) in [4.78, 5) is 26.1. The fraction of sp³-hybridized carbons (Fsp3) is 0.391. The van der Waals surface area contributed by atoms with Crippen molar-refractivity contribution in [2.75, 3.05) is 0 Å². The van der Waals surface area contributed by atoms with E-state index in [2.05, 4.69) is 12.2 Å². The number of amides is 1. The number of rotatable bonds is 2. The molecule has 1 amide bonds. The molecule has 2 aromatic rings. The van der Waals surface area contributed by atoms with E-state index in [1.165, 1.54) is 0 Å². The molecule has 1 aliphatic heterocycles. The van der Waals surface area contributed by atoms with E-state index in [0.717, 1.165) is 29.5 Å². The average Bonchev–Trinajstić information content (AvgIpc) is 2.90. The smallest absolute Gasteiger partial charge is 0.236 e. The Balaban J connectivity index is 1.70. The first-order chi connectivity index (χ1) is 13.3. The molecule has 2 aromatic carbocycles. The molecule has 4 rings (SSSR count). The molecule has 1 unspecified atom stereocenters. The number of halogens is 2. The van der Waals surface area contributed by atoms with E-state index in [1.54, 1.807) is 0 Å². The van der Waals surface area contributed by atoms with Gasteiger partial charge in [0.05, 0.1) is 5.54 Å². The van der Waals surface area contributed by atoms with Crippen LogP contribution in [0.5, 0.6) is 0 Å². The monoisotopic (exact) mass is 415 g/mol. The predicted octanol–water partition coefficient (Wildman–Crippen LogP) is 5.70. The third-order valence-corrected chi connectivity index (χ3v) is 6.88. The molecule has 1 atom stereocenters. The minimum absolute atomic E-state index is 0.0232. The van der Waals surface area contributed by atoms with Crippen LogP contribution in [-0.2, 0) is 9.59 Å². The van der Waals surface area contributed by atoms with Crippen molar-refractivity contribution in [1.82, 2.24) is 5.32 Å². The molecule has 3 nitrogen and oxygen atoms in total. The normalized spacial score (nSPS) is 27.3. The molecule has 0 radical (unpaired) electrons. The van der Waals surface area contributed by atoms with Gasteiger partial charge in [0.2, 0.25) is 5.91 Å². The molecule has 1 saturated heterocycles. The maximum absolute atomic E-state index is 13.3. The van der Waals surface area contributed by atoms with Crippen LogP contribution in [0, 0.1) is 12.8 Å². The van der Waals surface area contributed by atoms with Gasteiger partial charge in [-0.15, -0.1) is 0 Å². The molecule has 28 heavy (non-hydrogen) atoms. The molecule has 1 aliphatic carbocycles. The van der Waals surface area contributed by atoms with Crippen LogP contribution in [0.25, 0.3) is 11.1 Å². The van der Waals surface area contributed by atoms with Crippen LogP contribution < -0.4 is 5.32 Å². The predicted molar refractivity (Wildman–Crippen MR) is 113 cm³/mol. The molecule has 5 heteroatoms. The van der Waals surface area contributed by atoms with Gasteiger partial charge in [-0.1, -0.05) is 48.3 Å². The molecule has 0 aromatic heterocycles. The maximum atomic E-state index is 13.3. The number of benzene rings is 2. The van der Waals surface area contributed by atoms with Gasteiger partial charge >= 0.3 is 0 Å². The van der Waals surface area contributed by atoms with E-state index in [9.17, 15) is 9.59 Å². The second-order valence-electron chi connectivity index (χ2n) is 8.25. The summed E-state index contributed by atoms with van der Waals surface area (Å²) in [6.45, 7) is 4.17. The van der Waals surface area contributed by atoms with Gasteiger partial charge < -0.3 is 5.32 Å². The Bertz CT molecular complexity index is 944. The number of carbonyl (C=O) groups excluding carboxylic acids is 2. The van der Waals surface area contributed by atoms with E-state index in [1.807, 2.05) is 43.3 Å². The molecule has 1 saturated carbocycles. The summed E-state index contributed by atoms with van der Waals surface area (Å²) in [7, 11) is 0. The summed E-state index contributed by atoms with van der Waals surface area (Å²) < 4.78 is 0. The van der Waals surface area contributed by atoms with Gasteiger partial charge in [0.25, 0.3) is 0 Å². The molecule has 2 aliphatic rings. The number of hydrogen-bond donors (Lipinski definition) is 1. The Hall–Kier alpha value is -1.84. The van der Waals surface area contributed by atoms with Crippen molar-refractivity contribution in [2.45, 2.75) is 51.0 Å². The van der Waals surface area contributed by atoms with Crippen LogP contribution in [0.4, 0.5) is 0 Å².